The van der Waals surface area contributed by atoms with Crippen molar-refractivity contribution in [2.45, 2.75) is 32.2 Å². The first-order valence-corrected chi connectivity index (χ1v) is 5.92. The molecule has 0 saturated heterocycles. The van der Waals surface area contributed by atoms with Crippen molar-refractivity contribution < 1.29 is 18.7 Å². The number of carboxylic acid groups (broad SMARTS) is 1. The van der Waals surface area contributed by atoms with Gasteiger partial charge in [0.1, 0.15) is 11.3 Å². The summed E-state index contributed by atoms with van der Waals surface area (Å²) in [5.74, 6) is -1.23. The van der Waals surface area contributed by atoms with E-state index in [9.17, 15) is 9.18 Å². The van der Waals surface area contributed by atoms with Crippen LogP contribution < -0.4 is 5.32 Å². The van der Waals surface area contributed by atoms with Crippen LogP contribution in [0.2, 0.25) is 0 Å². The van der Waals surface area contributed by atoms with E-state index in [4.69, 9.17) is 9.52 Å². The molecule has 0 fully saturated rings. The second kappa shape index (κ2) is 4.87. The van der Waals surface area contributed by atoms with Gasteiger partial charge in [0.15, 0.2) is 5.58 Å². The van der Waals surface area contributed by atoms with E-state index < -0.39 is 11.5 Å². The fourth-order valence-corrected chi connectivity index (χ4v) is 1.73. The Morgan fingerprint density at radius 2 is 2.26 bits per heavy atom. The molecule has 0 aliphatic rings. The van der Waals surface area contributed by atoms with Crippen molar-refractivity contribution in [3.63, 3.8) is 0 Å². The zero-order valence-electron chi connectivity index (χ0n) is 10.7. The second-order valence-electron chi connectivity index (χ2n) is 5.03. The standard InChI is InChI=1S/C13H15FN2O3/c1-13(2,6-5-11(17)18)16-12-15-9-7-8(14)3-4-10(9)19-12/h3-4,7H,5-6H2,1-2H3,(H,15,16)(H,17,18). The lowest BCUT2D eigenvalue weighted by Crippen LogP contribution is -2.31. The van der Waals surface area contributed by atoms with Crippen LogP contribution in [0.25, 0.3) is 11.1 Å². The van der Waals surface area contributed by atoms with E-state index in [0.29, 0.717) is 17.5 Å². The minimum atomic E-state index is -0.852. The van der Waals surface area contributed by atoms with Crippen LogP contribution in [0.4, 0.5) is 10.4 Å². The molecule has 0 amide bonds. The van der Waals surface area contributed by atoms with Gasteiger partial charge in [-0.25, -0.2) is 4.39 Å². The Labute approximate surface area is 109 Å². The number of nitrogens with zero attached hydrogens (tertiary/aromatic N) is 1. The highest BCUT2D eigenvalue weighted by molar-refractivity contribution is 5.74. The molecule has 0 radical (unpaired) electrons. The number of nitrogens with one attached hydrogen (secondary N) is 1. The Kier molecular flexibility index (Phi) is 3.42. The summed E-state index contributed by atoms with van der Waals surface area (Å²) in [5.41, 5.74) is 0.437. The van der Waals surface area contributed by atoms with E-state index in [1.54, 1.807) is 0 Å². The Morgan fingerprint density at radius 1 is 1.53 bits per heavy atom. The molecule has 1 heterocycles. The van der Waals surface area contributed by atoms with Crippen LogP contribution in [0.1, 0.15) is 26.7 Å². The van der Waals surface area contributed by atoms with Crippen molar-refractivity contribution in [3.8, 4) is 0 Å². The lowest BCUT2D eigenvalue weighted by molar-refractivity contribution is -0.137. The quantitative estimate of drug-likeness (QED) is 0.870. The van der Waals surface area contributed by atoms with Crippen molar-refractivity contribution in [3.05, 3.63) is 24.0 Å². The molecule has 6 heteroatoms. The van der Waals surface area contributed by atoms with Crippen molar-refractivity contribution in [1.82, 2.24) is 4.98 Å². The number of fused-ring (bicyclic) bond motifs is 1. The number of anilines is 1. The highest BCUT2D eigenvalue weighted by Gasteiger charge is 2.21. The SMILES string of the molecule is CC(C)(CCC(=O)O)Nc1nc2cc(F)ccc2o1. The van der Waals surface area contributed by atoms with E-state index in [1.807, 2.05) is 13.8 Å². The van der Waals surface area contributed by atoms with Crippen LogP contribution in [0.3, 0.4) is 0 Å². The number of rotatable bonds is 5. The molecule has 2 N–H and O–H groups in total. The Hall–Kier alpha value is -2.11. The number of halogens is 1. The van der Waals surface area contributed by atoms with Gasteiger partial charge in [-0.2, -0.15) is 4.98 Å². The summed E-state index contributed by atoms with van der Waals surface area (Å²) in [4.78, 5) is 14.7. The van der Waals surface area contributed by atoms with Gasteiger partial charge in [0.25, 0.3) is 6.01 Å². The second-order valence-corrected chi connectivity index (χ2v) is 5.03. The third kappa shape index (κ3) is 3.43. The van der Waals surface area contributed by atoms with Gasteiger partial charge in [-0.1, -0.05) is 0 Å². The molecule has 0 unspecified atom stereocenters. The van der Waals surface area contributed by atoms with E-state index in [2.05, 4.69) is 10.3 Å². The molecule has 0 bridgehead atoms. The normalized spacial score (nSPS) is 11.7. The minimum Gasteiger partial charge on any atom is -0.481 e. The van der Waals surface area contributed by atoms with E-state index >= 15 is 0 Å². The minimum absolute atomic E-state index is 0.0505. The number of carboxylic acids is 1. The summed E-state index contributed by atoms with van der Waals surface area (Å²) in [7, 11) is 0. The molecule has 1 aromatic carbocycles. The van der Waals surface area contributed by atoms with Crippen LogP contribution in [0.5, 0.6) is 0 Å². The van der Waals surface area contributed by atoms with Gasteiger partial charge in [0, 0.05) is 18.0 Å². The fraction of sp³-hybridized carbons (Fsp3) is 0.385. The molecule has 0 atom stereocenters. The van der Waals surface area contributed by atoms with Crippen molar-refractivity contribution >= 4 is 23.1 Å². The third-order valence-corrected chi connectivity index (χ3v) is 2.76. The van der Waals surface area contributed by atoms with Gasteiger partial charge in [-0.3, -0.25) is 4.79 Å². The first-order valence-electron chi connectivity index (χ1n) is 5.92. The summed E-state index contributed by atoms with van der Waals surface area (Å²) < 4.78 is 18.5. The van der Waals surface area contributed by atoms with Crippen molar-refractivity contribution in [2.75, 3.05) is 5.32 Å². The zero-order chi connectivity index (χ0) is 14.0. The van der Waals surface area contributed by atoms with Crippen LogP contribution in [-0.2, 0) is 4.79 Å². The summed E-state index contributed by atoms with van der Waals surface area (Å²) in [5, 5.41) is 11.7. The van der Waals surface area contributed by atoms with Gasteiger partial charge in [0.05, 0.1) is 0 Å². The summed E-state index contributed by atoms with van der Waals surface area (Å²) >= 11 is 0. The van der Waals surface area contributed by atoms with Gasteiger partial charge >= 0.3 is 5.97 Å². The summed E-state index contributed by atoms with van der Waals surface area (Å²) in [6.07, 6.45) is 0.476. The molecule has 2 rings (SSSR count). The molecular weight excluding hydrogens is 251 g/mol. The number of aliphatic carboxylic acids is 1. The van der Waals surface area contributed by atoms with Crippen LogP contribution in [0, 0.1) is 5.82 Å². The zero-order valence-corrected chi connectivity index (χ0v) is 10.7. The van der Waals surface area contributed by atoms with Crippen molar-refractivity contribution in [2.24, 2.45) is 0 Å². The van der Waals surface area contributed by atoms with Crippen LogP contribution >= 0.6 is 0 Å². The lowest BCUT2D eigenvalue weighted by Gasteiger charge is -2.24. The predicted octanol–water partition coefficient (Wildman–Crippen LogP) is 3.02. The summed E-state index contributed by atoms with van der Waals surface area (Å²) in [6.45, 7) is 3.71. The van der Waals surface area contributed by atoms with Gasteiger partial charge in [-0.15, -0.1) is 0 Å². The molecule has 102 valence electrons. The molecule has 19 heavy (non-hydrogen) atoms. The number of hydrogen-bond donors (Lipinski definition) is 2. The molecule has 0 aliphatic heterocycles. The maximum atomic E-state index is 13.0. The number of hydrogen-bond acceptors (Lipinski definition) is 4. The molecule has 0 aliphatic carbocycles. The average molecular weight is 266 g/mol. The average Bonchev–Trinajstić information content (AvgIpc) is 2.67. The third-order valence-electron chi connectivity index (χ3n) is 2.76. The number of aromatic nitrogens is 1. The molecular formula is C13H15FN2O3. The highest BCUT2D eigenvalue weighted by atomic mass is 19.1. The molecule has 5 nitrogen and oxygen atoms in total. The van der Waals surface area contributed by atoms with E-state index in [1.165, 1.54) is 18.2 Å². The number of oxazole rings is 1. The fourth-order valence-electron chi connectivity index (χ4n) is 1.73. The predicted molar refractivity (Wildman–Crippen MR) is 68.5 cm³/mol. The Bertz CT molecular complexity index is 607. The number of carbonyl (C=O) groups is 1. The van der Waals surface area contributed by atoms with Gasteiger partial charge in [-0.05, 0) is 32.4 Å². The first-order chi connectivity index (χ1) is 8.85. The molecule has 0 saturated carbocycles. The van der Waals surface area contributed by atoms with Gasteiger partial charge < -0.3 is 14.8 Å². The van der Waals surface area contributed by atoms with Crippen LogP contribution in [-0.4, -0.2) is 21.6 Å². The molecule has 1 aromatic heterocycles. The Morgan fingerprint density at radius 3 is 2.95 bits per heavy atom. The highest BCUT2D eigenvalue weighted by Crippen LogP contribution is 2.24. The molecule has 2 aromatic rings. The van der Waals surface area contributed by atoms with Crippen molar-refractivity contribution in [1.29, 1.82) is 0 Å². The van der Waals surface area contributed by atoms with Crippen LogP contribution in [0.15, 0.2) is 22.6 Å². The topological polar surface area (TPSA) is 75.4 Å². The van der Waals surface area contributed by atoms with E-state index in [0.717, 1.165) is 0 Å². The lowest BCUT2D eigenvalue weighted by atomic mass is 9.99. The smallest absolute Gasteiger partial charge is 0.303 e. The largest absolute Gasteiger partial charge is 0.481 e. The monoisotopic (exact) mass is 266 g/mol. The summed E-state index contributed by atoms with van der Waals surface area (Å²) in [6, 6.07) is 4.35. The number of benzene rings is 1. The maximum absolute atomic E-state index is 13.0. The van der Waals surface area contributed by atoms with Gasteiger partial charge in [0.2, 0.25) is 0 Å². The van der Waals surface area contributed by atoms with E-state index in [-0.39, 0.29) is 18.3 Å². The first kappa shape index (κ1) is 13.3. The molecule has 0 spiro atoms. The Balaban J connectivity index is 2.14. The maximum Gasteiger partial charge on any atom is 0.303 e.